The van der Waals surface area contributed by atoms with Gasteiger partial charge in [-0.3, -0.25) is 4.79 Å². The number of nitrogens with one attached hydrogen (secondary N) is 2. The summed E-state index contributed by atoms with van der Waals surface area (Å²) >= 11 is 0. The van der Waals surface area contributed by atoms with Gasteiger partial charge in [0.15, 0.2) is 0 Å². The van der Waals surface area contributed by atoms with E-state index in [-0.39, 0.29) is 24.4 Å². The van der Waals surface area contributed by atoms with Crippen LogP contribution >= 0.6 is 12.4 Å². The SMILES string of the molecule is CCCc1cc(N2CC[C@H](NC(C)=O)C2)nc(Nc2ccc(C)c(N)c2)n1.Cl. The number of anilines is 4. The summed E-state index contributed by atoms with van der Waals surface area (Å²) in [6.07, 6.45) is 2.83. The second-order valence-electron chi connectivity index (χ2n) is 7.12. The minimum atomic E-state index is 0. The normalized spacial score (nSPS) is 15.8. The number of amides is 1. The van der Waals surface area contributed by atoms with Gasteiger partial charge in [-0.2, -0.15) is 4.98 Å². The first-order chi connectivity index (χ1) is 12.9. The van der Waals surface area contributed by atoms with E-state index in [4.69, 9.17) is 10.7 Å². The Labute approximate surface area is 172 Å². The second-order valence-corrected chi connectivity index (χ2v) is 7.12. The highest BCUT2D eigenvalue weighted by molar-refractivity contribution is 5.85. The largest absolute Gasteiger partial charge is 0.398 e. The van der Waals surface area contributed by atoms with Crippen molar-refractivity contribution in [2.24, 2.45) is 0 Å². The Morgan fingerprint density at radius 2 is 2.11 bits per heavy atom. The van der Waals surface area contributed by atoms with E-state index >= 15 is 0 Å². The molecule has 0 radical (unpaired) electrons. The number of nitrogens with two attached hydrogens (primary N) is 1. The quantitative estimate of drug-likeness (QED) is 0.640. The number of hydrogen-bond donors (Lipinski definition) is 3. The minimum absolute atomic E-state index is 0. The molecule has 1 fully saturated rings. The average Bonchev–Trinajstić information content (AvgIpc) is 3.06. The molecular formula is C20H29ClN6O. The van der Waals surface area contributed by atoms with Crippen LogP contribution in [0.1, 0.15) is 37.9 Å². The molecular weight excluding hydrogens is 376 g/mol. The van der Waals surface area contributed by atoms with Crippen LogP contribution in [0.5, 0.6) is 0 Å². The third-order valence-corrected chi connectivity index (χ3v) is 4.73. The predicted molar refractivity (Wildman–Crippen MR) is 117 cm³/mol. The zero-order valence-electron chi connectivity index (χ0n) is 16.7. The van der Waals surface area contributed by atoms with Gasteiger partial charge < -0.3 is 21.3 Å². The van der Waals surface area contributed by atoms with Crippen molar-refractivity contribution < 1.29 is 4.79 Å². The Morgan fingerprint density at radius 1 is 1.32 bits per heavy atom. The van der Waals surface area contributed by atoms with Crippen molar-refractivity contribution in [1.29, 1.82) is 0 Å². The zero-order chi connectivity index (χ0) is 19.4. The lowest BCUT2D eigenvalue weighted by Gasteiger charge is -2.19. The predicted octanol–water partition coefficient (Wildman–Crippen LogP) is 3.20. The summed E-state index contributed by atoms with van der Waals surface area (Å²) in [6, 6.07) is 8.07. The molecule has 7 nitrogen and oxygen atoms in total. The van der Waals surface area contributed by atoms with Gasteiger partial charge in [0.1, 0.15) is 5.82 Å². The molecule has 0 saturated carbocycles. The van der Waals surface area contributed by atoms with Crippen LogP contribution < -0.4 is 21.3 Å². The van der Waals surface area contributed by atoms with Crippen LogP contribution in [0.15, 0.2) is 24.3 Å². The minimum Gasteiger partial charge on any atom is -0.398 e. The lowest BCUT2D eigenvalue weighted by Crippen LogP contribution is -2.35. The van der Waals surface area contributed by atoms with Gasteiger partial charge in [-0.15, -0.1) is 12.4 Å². The molecule has 0 unspecified atom stereocenters. The second kappa shape index (κ2) is 9.59. The third kappa shape index (κ3) is 5.48. The Balaban J connectivity index is 0.00000280. The van der Waals surface area contributed by atoms with Crippen molar-refractivity contribution in [3.05, 3.63) is 35.5 Å². The number of aromatic nitrogens is 2. The molecule has 2 heterocycles. The number of nitrogen functional groups attached to an aromatic ring is 1. The fourth-order valence-corrected chi connectivity index (χ4v) is 3.31. The van der Waals surface area contributed by atoms with Crippen molar-refractivity contribution in [3.63, 3.8) is 0 Å². The smallest absolute Gasteiger partial charge is 0.229 e. The molecule has 1 saturated heterocycles. The molecule has 28 heavy (non-hydrogen) atoms. The molecule has 1 amide bonds. The van der Waals surface area contributed by atoms with E-state index in [1.807, 2.05) is 31.2 Å². The number of aryl methyl sites for hydroxylation is 2. The summed E-state index contributed by atoms with van der Waals surface area (Å²) in [5, 5.41) is 6.27. The van der Waals surface area contributed by atoms with Gasteiger partial charge in [0.05, 0.1) is 0 Å². The van der Waals surface area contributed by atoms with Crippen molar-refractivity contribution >= 4 is 41.5 Å². The summed E-state index contributed by atoms with van der Waals surface area (Å²) in [4.78, 5) is 22.9. The standard InChI is InChI=1S/C20H28N6O.ClH/c1-4-5-15-11-19(26-9-8-17(12-26)22-14(3)27)25-20(23-15)24-16-7-6-13(2)18(21)10-16;/h6-7,10-11,17H,4-5,8-9,12,21H2,1-3H3,(H,22,27)(H,23,24,25);1H/t17-;/m0./s1. The topological polar surface area (TPSA) is 96.2 Å². The summed E-state index contributed by atoms with van der Waals surface area (Å²) < 4.78 is 0. The van der Waals surface area contributed by atoms with Gasteiger partial charge in [-0.05, 0) is 37.5 Å². The number of carbonyl (C=O) groups is 1. The molecule has 8 heteroatoms. The van der Waals surface area contributed by atoms with Crippen molar-refractivity contribution in [2.75, 3.05) is 29.0 Å². The number of rotatable bonds is 6. The number of carbonyl (C=O) groups excluding carboxylic acids is 1. The van der Waals surface area contributed by atoms with Gasteiger partial charge in [0, 0.05) is 49.2 Å². The van der Waals surface area contributed by atoms with E-state index < -0.39 is 0 Å². The van der Waals surface area contributed by atoms with Gasteiger partial charge in [-0.25, -0.2) is 4.98 Å². The lowest BCUT2D eigenvalue weighted by molar-refractivity contribution is -0.119. The molecule has 3 rings (SSSR count). The van der Waals surface area contributed by atoms with Crippen LogP contribution in [0.2, 0.25) is 0 Å². The molecule has 4 N–H and O–H groups in total. The number of benzene rings is 1. The Bertz CT molecular complexity index is 828. The molecule has 1 atom stereocenters. The highest BCUT2D eigenvalue weighted by atomic mass is 35.5. The maximum absolute atomic E-state index is 11.3. The monoisotopic (exact) mass is 404 g/mol. The molecule has 0 bridgehead atoms. The van der Waals surface area contributed by atoms with Crippen molar-refractivity contribution in [1.82, 2.24) is 15.3 Å². The van der Waals surface area contributed by atoms with E-state index in [0.717, 1.165) is 60.8 Å². The van der Waals surface area contributed by atoms with Crippen molar-refractivity contribution in [2.45, 2.75) is 46.1 Å². The maximum atomic E-state index is 11.3. The van der Waals surface area contributed by atoms with E-state index in [0.29, 0.717) is 5.95 Å². The van der Waals surface area contributed by atoms with E-state index in [1.165, 1.54) is 0 Å². The first-order valence-electron chi connectivity index (χ1n) is 9.47. The zero-order valence-corrected chi connectivity index (χ0v) is 17.5. The molecule has 1 aromatic heterocycles. The van der Waals surface area contributed by atoms with Crippen LogP contribution in [0.25, 0.3) is 0 Å². The maximum Gasteiger partial charge on any atom is 0.229 e. The number of halogens is 1. The summed E-state index contributed by atoms with van der Waals surface area (Å²) in [6.45, 7) is 7.30. The van der Waals surface area contributed by atoms with E-state index in [1.54, 1.807) is 6.92 Å². The highest BCUT2D eigenvalue weighted by Gasteiger charge is 2.24. The molecule has 0 aliphatic carbocycles. The molecule has 0 spiro atoms. The summed E-state index contributed by atoms with van der Waals surface area (Å²) in [5.74, 6) is 1.47. The number of nitrogens with zero attached hydrogens (tertiary/aromatic N) is 3. The molecule has 1 aliphatic heterocycles. The third-order valence-electron chi connectivity index (χ3n) is 4.73. The molecule has 1 aromatic carbocycles. The Kier molecular flexibility index (Phi) is 7.45. The molecule has 152 valence electrons. The van der Waals surface area contributed by atoms with Gasteiger partial charge in [0.25, 0.3) is 0 Å². The van der Waals surface area contributed by atoms with Crippen LogP contribution in [-0.4, -0.2) is 35.0 Å². The summed E-state index contributed by atoms with van der Waals surface area (Å²) in [7, 11) is 0. The average molecular weight is 405 g/mol. The summed E-state index contributed by atoms with van der Waals surface area (Å²) in [5.41, 5.74) is 9.67. The first kappa shape index (κ1) is 21.8. The molecule has 2 aromatic rings. The van der Waals surface area contributed by atoms with E-state index in [2.05, 4.69) is 27.4 Å². The van der Waals surface area contributed by atoms with Crippen LogP contribution in [0.4, 0.5) is 23.1 Å². The lowest BCUT2D eigenvalue weighted by atomic mass is 10.2. The van der Waals surface area contributed by atoms with Gasteiger partial charge in [-0.1, -0.05) is 19.4 Å². The highest BCUT2D eigenvalue weighted by Crippen LogP contribution is 2.24. The van der Waals surface area contributed by atoms with E-state index in [9.17, 15) is 4.79 Å². The van der Waals surface area contributed by atoms with Crippen LogP contribution in [0, 0.1) is 6.92 Å². The number of hydrogen-bond acceptors (Lipinski definition) is 6. The van der Waals surface area contributed by atoms with Crippen molar-refractivity contribution in [3.8, 4) is 0 Å². The molecule has 1 aliphatic rings. The fraction of sp³-hybridized carbons (Fsp3) is 0.450. The fourth-order valence-electron chi connectivity index (χ4n) is 3.31. The van der Waals surface area contributed by atoms with Gasteiger partial charge >= 0.3 is 0 Å². The van der Waals surface area contributed by atoms with Crippen LogP contribution in [-0.2, 0) is 11.2 Å². The van der Waals surface area contributed by atoms with Crippen LogP contribution in [0.3, 0.4) is 0 Å². The van der Waals surface area contributed by atoms with Gasteiger partial charge in [0.2, 0.25) is 11.9 Å². The Hall–Kier alpha value is -2.54. The Morgan fingerprint density at radius 3 is 2.79 bits per heavy atom. The first-order valence-corrected chi connectivity index (χ1v) is 9.47.